The van der Waals surface area contributed by atoms with E-state index in [0.717, 1.165) is 0 Å². The molecule has 1 atom stereocenters. The lowest BCUT2D eigenvalue weighted by atomic mass is 9.93. The zero-order valence-corrected chi connectivity index (χ0v) is 26.1. The van der Waals surface area contributed by atoms with Crippen LogP contribution in [-0.4, -0.2) is 47.6 Å². The predicted octanol–water partition coefficient (Wildman–Crippen LogP) is 4.60. The second kappa shape index (κ2) is 12.3. The standard InChI is InChI=1S/C32H32N4O7S/c1-7-34(8-2)31(38)28-19(4)33-32-35(29(28)23-16-20(41-5)12-14-25(23)42-6)30(37)27(44-32)17-21-13-15-26(43-21)22-10-9-11-24(18(22)3)36(39)40/h9-17,29H,7-8H2,1-6H3/b27-17+/t29-/m1/s1. The van der Waals surface area contributed by atoms with E-state index in [1.807, 2.05) is 13.8 Å². The predicted molar refractivity (Wildman–Crippen MR) is 167 cm³/mol. The summed E-state index contributed by atoms with van der Waals surface area (Å²) in [6.45, 7) is 8.22. The highest BCUT2D eigenvalue weighted by molar-refractivity contribution is 7.07. The first-order valence-electron chi connectivity index (χ1n) is 14.0. The number of carbonyl (C=O) groups excluding carboxylic acids is 1. The van der Waals surface area contributed by atoms with Crippen molar-refractivity contribution in [3.05, 3.63) is 106 Å². The van der Waals surface area contributed by atoms with E-state index in [1.54, 1.807) is 74.4 Å². The molecule has 2 aromatic heterocycles. The summed E-state index contributed by atoms with van der Waals surface area (Å²) < 4.78 is 19.1. The monoisotopic (exact) mass is 616 g/mol. The number of nitro groups is 1. The van der Waals surface area contributed by atoms with E-state index in [1.165, 1.54) is 29.1 Å². The van der Waals surface area contributed by atoms with Crippen molar-refractivity contribution in [1.29, 1.82) is 0 Å². The largest absolute Gasteiger partial charge is 0.497 e. The van der Waals surface area contributed by atoms with Gasteiger partial charge >= 0.3 is 0 Å². The Morgan fingerprint density at radius 2 is 1.89 bits per heavy atom. The smallest absolute Gasteiger partial charge is 0.273 e. The summed E-state index contributed by atoms with van der Waals surface area (Å²) in [6.07, 6.45) is 1.62. The molecule has 11 nitrogen and oxygen atoms in total. The number of nitro benzene ring substituents is 1. The molecular formula is C32H32N4O7S. The minimum atomic E-state index is -0.828. The first-order valence-corrected chi connectivity index (χ1v) is 14.8. The fraction of sp³-hybridized carbons (Fsp3) is 0.281. The van der Waals surface area contributed by atoms with Gasteiger partial charge in [-0.15, -0.1) is 0 Å². The summed E-state index contributed by atoms with van der Waals surface area (Å²) in [5.41, 5.74) is 2.17. The third-order valence-corrected chi connectivity index (χ3v) is 8.68. The molecule has 0 saturated carbocycles. The fourth-order valence-corrected chi connectivity index (χ4v) is 6.44. The van der Waals surface area contributed by atoms with Crippen molar-refractivity contribution in [2.75, 3.05) is 27.3 Å². The Balaban J connectivity index is 1.69. The Bertz CT molecular complexity index is 1980. The van der Waals surface area contributed by atoms with Gasteiger partial charge in [0, 0.05) is 41.9 Å². The highest BCUT2D eigenvalue weighted by Crippen LogP contribution is 2.38. The number of carbonyl (C=O) groups is 1. The number of thiazole rings is 1. The van der Waals surface area contributed by atoms with Gasteiger partial charge in [-0.05, 0) is 58.0 Å². The van der Waals surface area contributed by atoms with Crippen molar-refractivity contribution in [1.82, 2.24) is 9.47 Å². The number of rotatable bonds is 9. The molecule has 0 spiro atoms. The van der Waals surface area contributed by atoms with E-state index in [4.69, 9.17) is 18.9 Å². The molecule has 228 valence electrons. The van der Waals surface area contributed by atoms with Crippen molar-refractivity contribution < 1.29 is 23.6 Å². The van der Waals surface area contributed by atoms with Crippen molar-refractivity contribution >= 4 is 29.0 Å². The van der Waals surface area contributed by atoms with Crippen molar-refractivity contribution in [3.63, 3.8) is 0 Å². The van der Waals surface area contributed by atoms with E-state index in [0.29, 0.717) is 73.4 Å². The molecule has 0 aliphatic carbocycles. The summed E-state index contributed by atoms with van der Waals surface area (Å²) >= 11 is 1.18. The lowest BCUT2D eigenvalue weighted by molar-refractivity contribution is -0.385. The summed E-state index contributed by atoms with van der Waals surface area (Å²) in [5.74, 6) is 1.65. The summed E-state index contributed by atoms with van der Waals surface area (Å²) in [4.78, 5) is 45.9. The summed E-state index contributed by atoms with van der Waals surface area (Å²) in [5, 5.41) is 11.4. The number of allylic oxidation sites excluding steroid dienone is 1. The van der Waals surface area contributed by atoms with Crippen LogP contribution in [-0.2, 0) is 4.79 Å². The second-order valence-electron chi connectivity index (χ2n) is 10.1. The third kappa shape index (κ3) is 5.32. The van der Waals surface area contributed by atoms with Gasteiger partial charge in [-0.2, -0.15) is 0 Å². The van der Waals surface area contributed by atoms with Gasteiger partial charge in [-0.1, -0.05) is 23.5 Å². The quantitative estimate of drug-likeness (QED) is 0.199. The second-order valence-corrected chi connectivity index (χ2v) is 11.1. The Kier molecular flexibility index (Phi) is 8.54. The maximum atomic E-state index is 14.1. The Morgan fingerprint density at radius 1 is 1.14 bits per heavy atom. The lowest BCUT2D eigenvalue weighted by Gasteiger charge is -2.30. The van der Waals surface area contributed by atoms with Crippen LogP contribution in [0.1, 0.15) is 43.7 Å². The number of furan rings is 1. The van der Waals surface area contributed by atoms with Gasteiger partial charge in [0.05, 0.1) is 34.9 Å². The highest BCUT2D eigenvalue weighted by atomic mass is 32.1. The van der Waals surface area contributed by atoms with E-state index in [2.05, 4.69) is 0 Å². The van der Waals surface area contributed by atoms with Crippen LogP contribution < -0.4 is 24.4 Å². The molecule has 0 radical (unpaired) electrons. The van der Waals surface area contributed by atoms with Gasteiger partial charge in [0.25, 0.3) is 17.2 Å². The van der Waals surface area contributed by atoms with Crippen molar-refractivity contribution in [2.24, 2.45) is 4.99 Å². The van der Waals surface area contributed by atoms with Crippen LogP contribution in [0.4, 0.5) is 5.69 Å². The number of likely N-dealkylation sites (N-methyl/N-ethyl adjacent to an activating group) is 1. The molecule has 12 heteroatoms. The number of amides is 1. The molecule has 0 fully saturated rings. The van der Waals surface area contributed by atoms with E-state index >= 15 is 0 Å². The van der Waals surface area contributed by atoms with Crippen LogP contribution in [0, 0.1) is 17.0 Å². The van der Waals surface area contributed by atoms with E-state index in [-0.39, 0.29) is 17.2 Å². The number of aromatic nitrogens is 1. The summed E-state index contributed by atoms with van der Waals surface area (Å²) in [6, 6.07) is 12.7. The number of nitrogens with zero attached hydrogens (tertiary/aromatic N) is 4. The first-order chi connectivity index (χ1) is 21.1. The number of methoxy groups -OCH3 is 2. The van der Waals surface area contributed by atoms with Gasteiger partial charge in [-0.3, -0.25) is 24.3 Å². The molecule has 1 aliphatic rings. The molecule has 3 heterocycles. The van der Waals surface area contributed by atoms with Crippen LogP contribution in [0.25, 0.3) is 17.4 Å². The Hall–Kier alpha value is -4.97. The van der Waals surface area contributed by atoms with Crippen LogP contribution in [0.3, 0.4) is 0 Å². The minimum absolute atomic E-state index is 0.00726. The van der Waals surface area contributed by atoms with Crippen molar-refractivity contribution in [2.45, 2.75) is 33.7 Å². The lowest BCUT2D eigenvalue weighted by Crippen LogP contribution is -2.43. The molecule has 0 saturated heterocycles. The number of hydrogen-bond acceptors (Lipinski definition) is 9. The average Bonchev–Trinajstić information content (AvgIpc) is 3.60. The van der Waals surface area contributed by atoms with Crippen LogP contribution >= 0.6 is 11.3 Å². The number of hydrogen-bond donors (Lipinski definition) is 0. The third-order valence-electron chi connectivity index (χ3n) is 7.70. The molecule has 4 aromatic rings. The average molecular weight is 617 g/mol. The SMILES string of the molecule is CCN(CC)C(=O)C1=C(C)N=c2s/c(=C/c3ccc(-c4cccc([N+](=O)[O-])c4C)o3)c(=O)n2[C@@H]1c1cc(OC)ccc1OC. The number of fused-ring (bicyclic) bond motifs is 1. The summed E-state index contributed by atoms with van der Waals surface area (Å²) in [7, 11) is 3.09. The normalized spacial score (nSPS) is 14.7. The minimum Gasteiger partial charge on any atom is -0.497 e. The molecule has 2 aromatic carbocycles. The van der Waals surface area contributed by atoms with Crippen molar-refractivity contribution in [3.8, 4) is 22.8 Å². The Morgan fingerprint density at radius 3 is 2.55 bits per heavy atom. The maximum absolute atomic E-state index is 14.1. The topological polar surface area (TPSA) is 129 Å². The zero-order chi connectivity index (χ0) is 31.7. The van der Waals surface area contributed by atoms with Crippen LogP contribution in [0.5, 0.6) is 11.5 Å². The van der Waals surface area contributed by atoms with Gasteiger partial charge in [-0.25, -0.2) is 4.99 Å². The fourth-order valence-electron chi connectivity index (χ4n) is 5.42. The molecule has 0 bridgehead atoms. The molecular weight excluding hydrogens is 584 g/mol. The maximum Gasteiger partial charge on any atom is 0.273 e. The van der Waals surface area contributed by atoms with E-state index < -0.39 is 11.0 Å². The zero-order valence-electron chi connectivity index (χ0n) is 25.2. The molecule has 0 unspecified atom stereocenters. The van der Waals surface area contributed by atoms with Crippen LogP contribution in [0.2, 0.25) is 0 Å². The first kappa shape index (κ1) is 30.5. The van der Waals surface area contributed by atoms with E-state index in [9.17, 15) is 19.7 Å². The molecule has 5 rings (SSSR count). The van der Waals surface area contributed by atoms with Crippen LogP contribution in [0.15, 0.2) is 74.0 Å². The van der Waals surface area contributed by atoms with Gasteiger partial charge in [0.2, 0.25) is 0 Å². The highest BCUT2D eigenvalue weighted by Gasteiger charge is 2.36. The van der Waals surface area contributed by atoms with Gasteiger partial charge in [0.1, 0.15) is 29.1 Å². The number of ether oxygens (including phenoxy) is 2. The van der Waals surface area contributed by atoms with Gasteiger partial charge < -0.3 is 18.8 Å². The molecule has 0 N–H and O–H groups in total. The molecule has 1 aliphatic heterocycles. The number of benzene rings is 2. The molecule has 1 amide bonds. The van der Waals surface area contributed by atoms with Gasteiger partial charge in [0.15, 0.2) is 4.80 Å². The molecule has 44 heavy (non-hydrogen) atoms. The Labute approximate surface area is 257 Å².